The van der Waals surface area contributed by atoms with E-state index in [1.165, 1.54) is 0 Å². The van der Waals surface area contributed by atoms with E-state index < -0.39 is 8.07 Å². The van der Waals surface area contributed by atoms with E-state index in [4.69, 9.17) is 10.5 Å². The number of pyridine rings is 1. The van der Waals surface area contributed by atoms with Gasteiger partial charge in [-0.05, 0) is 13.0 Å². The molecule has 0 atom stereocenters. The summed E-state index contributed by atoms with van der Waals surface area (Å²) < 4.78 is 5.19. The predicted molar refractivity (Wildman–Crippen MR) is 70.2 cm³/mol. The number of nitrogen functional groups attached to an aromatic ring is 1. The van der Waals surface area contributed by atoms with Crippen molar-refractivity contribution >= 4 is 13.8 Å². The van der Waals surface area contributed by atoms with Crippen LogP contribution in [0.1, 0.15) is 11.3 Å². The van der Waals surface area contributed by atoms with Gasteiger partial charge in [0.2, 0.25) is 5.88 Å². The van der Waals surface area contributed by atoms with Gasteiger partial charge in [0.1, 0.15) is 13.6 Å². The summed E-state index contributed by atoms with van der Waals surface area (Å²) in [5, 5.41) is 0. The lowest BCUT2D eigenvalue weighted by Gasteiger charge is -2.08. The molecule has 0 radical (unpaired) electrons. The van der Waals surface area contributed by atoms with E-state index >= 15 is 0 Å². The summed E-state index contributed by atoms with van der Waals surface area (Å²) in [7, 11) is 0.172. The van der Waals surface area contributed by atoms with Gasteiger partial charge in [-0.15, -0.1) is 5.54 Å². The van der Waals surface area contributed by atoms with Crippen LogP contribution in [-0.4, -0.2) is 20.2 Å². The van der Waals surface area contributed by atoms with Crippen molar-refractivity contribution in [2.24, 2.45) is 0 Å². The Kier molecular flexibility index (Phi) is 3.61. The van der Waals surface area contributed by atoms with Crippen molar-refractivity contribution in [2.75, 3.05) is 12.8 Å². The van der Waals surface area contributed by atoms with Crippen LogP contribution in [0.2, 0.25) is 19.6 Å². The first-order valence-electron chi connectivity index (χ1n) is 5.18. The predicted octanol–water partition coefficient (Wildman–Crippen LogP) is 2.21. The van der Waals surface area contributed by atoms with Crippen LogP contribution < -0.4 is 10.5 Å². The zero-order valence-corrected chi connectivity index (χ0v) is 11.5. The minimum absolute atomic E-state index is 0.517. The topological polar surface area (TPSA) is 48.1 Å². The summed E-state index contributed by atoms with van der Waals surface area (Å²) in [6.45, 7) is 8.44. The molecule has 0 aliphatic heterocycles. The number of nitrogens with zero attached hydrogens (tertiary/aromatic N) is 1. The lowest BCUT2D eigenvalue weighted by molar-refractivity contribution is 0.396. The molecule has 1 heterocycles. The van der Waals surface area contributed by atoms with Crippen LogP contribution in [0, 0.1) is 18.4 Å². The average Bonchev–Trinajstić information content (AvgIpc) is 2.13. The molecule has 1 aromatic rings. The second kappa shape index (κ2) is 4.58. The van der Waals surface area contributed by atoms with E-state index in [0.29, 0.717) is 17.1 Å². The van der Waals surface area contributed by atoms with E-state index in [9.17, 15) is 0 Å². The number of methoxy groups -OCH3 is 1. The Morgan fingerprint density at radius 3 is 2.50 bits per heavy atom. The van der Waals surface area contributed by atoms with E-state index in [1.807, 2.05) is 13.0 Å². The molecule has 0 bridgehead atoms. The van der Waals surface area contributed by atoms with Crippen molar-refractivity contribution in [3.8, 4) is 17.3 Å². The first-order chi connectivity index (χ1) is 7.33. The standard InChI is InChI=1S/C12H18N2OSi/c1-9-8-11(13)10(12(14-9)15-2)6-7-16(3,4)5/h8H,1-5H3,(H2,13,14). The number of aromatic nitrogens is 1. The third kappa shape index (κ3) is 3.28. The summed E-state index contributed by atoms with van der Waals surface area (Å²) in [4.78, 5) is 4.26. The van der Waals surface area contributed by atoms with Crippen molar-refractivity contribution in [3.63, 3.8) is 0 Å². The van der Waals surface area contributed by atoms with Crippen molar-refractivity contribution in [2.45, 2.75) is 26.6 Å². The van der Waals surface area contributed by atoms with Gasteiger partial charge < -0.3 is 10.5 Å². The largest absolute Gasteiger partial charge is 0.480 e. The molecule has 0 aliphatic rings. The highest BCUT2D eigenvalue weighted by Gasteiger charge is 2.11. The van der Waals surface area contributed by atoms with Gasteiger partial charge in [0.25, 0.3) is 0 Å². The minimum Gasteiger partial charge on any atom is -0.480 e. The maximum absolute atomic E-state index is 5.92. The summed E-state index contributed by atoms with van der Waals surface area (Å²) in [5.41, 5.74) is 11.4. The van der Waals surface area contributed by atoms with Crippen molar-refractivity contribution in [1.29, 1.82) is 0 Å². The Labute approximate surface area is 98.0 Å². The molecule has 16 heavy (non-hydrogen) atoms. The van der Waals surface area contributed by atoms with E-state index in [1.54, 1.807) is 7.11 Å². The molecule has 3 nitrogen and oxygen atoms in total. The van der Waals surface area contributed by atoms with Crippen LogP contribution >= 0.6 is 0 Å². The number of aryl methyl sites for hydroxylation is 1. The normalized spacial score (nSPS) is 10.6. The molecule has 86 valence electrons. The monoisotopic (exact) mass is 234 g/mol. The van der Waals surface area contributed by atoms with Gasteiger partial charge in [0.05, 0.1) is 12.8 Å². The van der Waals surface area contributed by atoms with E-state index in [2.05, 4.69) is 36.1 Å². The minimum atomic E-state index is -1.41. The number of ether oxygens (including phenoxy) is 1. The Hall–Kier alpha value is -1.47. The van der Waals surface area contributed by atoms with Crippen LogP contribution in [0.15, 0.2) is 6.07 Å². The first kappa shape index (κ1) is 12.6. The highest BCUT2D eigenvalue weighted by Crippen LogP contribution is 2.22. The quantitative estimate of drug-likeness (QED) is 0.598. The lowest BCUT2D eigenvalue weighted by atomic mass is 10.2. The molecular formula is C12H18N2OSi. The Morgan fingerprint density at radius 2 is 2.00 bits per heavy atom. The molecule has 0 amide bonds. The van der Waals surface area contributed by atoms with Crippen LogP contribution in [0.5, 0.6) is 5.88 Å². The highest BCUT2D eigenvalue weighted by atomic mass is 28.3. The maximum atomic E-state index is 5.92. The molecule has 1 aromatic heterocycles. The molecule has 0 saturated carbocycles. The van der Waals surface area contributed by atoms with E-state index in [0.717, 1.165) is 5.69 Å². The zero-order valence-electron chi connectivity index (χ0n) is 10.5. The Morgan fingerprint density at radius 1 is 1.38 bits per heavy atom. The third-order valence-electron chi connectivity index (χ3n) is 1.90. The molecule has 1 rings (SSSR count). The van der Waals surface area contributed by atoms with Crippen LogP contribution in [0.25, 0.3) is 0 Å². The first-order valence-corrected chi connectivity index (χ1v) is 8.68. The van der Waals surface area contributed by atoms with Gasteiger partial charge in [-0.2, -0.15) is 0 Å². The molecule has 2 N–H and O–H groups in total. The molecule has 0 aromatic carbocycles. The number of nitrogens with two attached hydrogens (primary N) is 1. The SMILES string of the molecule is COc1nc(C)cc(N)c1C#C[Si](C)(C)C. The lowest BCUT2D eigenvalue weighted by Crippen LogP contribution is -2.16. The fourth-order valence-corrected chi connectivity index (χ4v) is 1.69. The maximum Gasteiger partial charge on any atom is 0.231 e. The fraction of sp³-hybridized carbons (Fsp3) is 0.417. The van der Waals surface area contributed by atoms with Gasteiger partial charge in [-0.1, -0.05) is 25.6 Å². The third-order valence-corrected chi connectivity index (χ3v) is 2.78. The zero-order chi connectivity index (χ0) is 12.3. The number of rotatable bonds is 1. The second-order valence-electron chi connectivity index (χ2n) is 4.74. The van der Waals surface area contributed by atoms with Gasteiger partial charge in [-0.25, -0.2) is 4.98 Å². The smallest absolute Gasteiger partial charge is 0.231 e. The molecule has 4 heteroatoms. The summed E-state index contributed by atoms with van der Waals surface area (Å²) >= 11 is 0. The van der Waals surface area contributed by atoms with Crippen LogP contribution in [0.4, 0.5) is 5.69 Å². The van der Waals surface area contributed by atoms with Gasteiger partial charge in [0, 0.05) is 5.69 Å². The van der Waals surface area contributed by atoms with E-state index in [-0.39, 0.29) is 0 Å². The summed E-state index contributed by atoms with van der Waals surface area (Å²) in [6, 6.07) is 1.82. The number of hydrogen-bond donors (Lipinski definition) is 1. The summed E-state index contributed by atoms with van der Waals surface area (Å²) in [5.74, 6) is 3.62. The number of hydrogen-bond acceptors (Lipinski definition) is 3. The van der Waals surface area contributed by atoms with Crippen molar-refractivity contribution in [3.05, 3.63) is 17.3 Å². The van der Waals surface area contributed by atoms with Crippen LogP contribution in [-0.2, 0) is 0 Å². The molecule has 0 fully saturated rings. The Bertz CT molecular complexity index is 453. The fourth-order valence-electron chi connectivity index (χ4n) is 1.19. The Balaban J connectivity index is 3.26. The molecule has 0 unspecified atom stereocenters. The summed E-state index contributed by atoms with van der Waals surface area (Å²) in [6.07, 6.45) is 0. The average molecular weight is 234 g/mol. The van der Waals surface area contributed by atoms with Crippen molar-refractivity contribution in [1.82, 2.24) is 4.98 Å². The van der Waals surface area contributed by atoms with Gasteiger partial charge in [-0.3, -0.25) is 0 Å². The highest BCUT2D eigenvalue weighted by molar-refractivity contribution is 6.83. The molecule has 0 aliphatic carbocycles. The molecule has 0 spiro atoms. The molecule has 0 saturated heterocycles. The second-order valence-corrected chi connectivity index (χ2v) is 9.49. The molecular weight excluding hydrogens is 216 g/mol. The van der Waals surface area contributed by atoms with Crippen molar-refractivity contribution < 1.29 is 4.74 Å². The van der Waals surface area contributed by atoms with Crippen LogP contribution in [0.3, 0.4) is 0 Å². The van der Waals surface area contributed by atoms with Gasteiger partial charge >= 0.3 is 0 Å². The van der Waals surface area contributed by atoms with Gasteiger partial charge in [0.15, 0.2) is 0 Å². The number of anilines is 1.